The second kappa shape index (κ2) is 6.30. The minimum atomic E-state index is -0.373. The molecule has 0 aromatic heterocycles. The number of rotatable bonds is 3. The van der Waals surface area contributed by atoms with Crippen LogP contribution in [0.1, 0.15) is 41.0 Å². The quantitative estimate of drug-likeness (QED) is 0.614. The third-order valence-corrected chi connectivity index (χ3v) is 6.85. The maximum atomic E-state index is 13.8. The van der Waals surface area contributed by atoms with E-state index in [0.29, 0.717) is 18.0 Å². The van der Waals surface area contributed by atoms with Crippen LogP contribution in [-0.2, 0) is 9.59 Å². The molecule has 2 bridgehead atoms. The predicted molar refractivity (Wildman–Crippen MR) is 114 cm³/mol. The summed E-state index contributed by atoms with van der Waals surface area (Å²) >= 11 is 0. The highest BCUT2D eigenvalue weighted by atomic mass is 16.5. The van der Waals surface area contributed by atoms with Gasteiger partial charge in [-0.05, 0) is 41.3 Å². The Morgan fingerprint density at radius 3 is 1.60 bits per heavy atom. The first-order valence-corrected chi connectivity index (χ1v) is 10.5. The third-order valence-electron chi connectivity index (χ3n) is 6.85. The number of amides is 2. The molecule has 2 atom stereocenters. The van der Waals surface area contributed by atoms with Gasteiger partial charge in [-0.25, -0.2) is 4.90 Å². The molecular formula is C26H21NO3. The molecule has 4 nitrogen and oxygen atoms in total. The van der Waals surface area contributed by atoms with Gasteiger partial charge in [0.05, 0.1) is 24.1 Å². The predicted octanol–water partition coefficient (Wildman–Crippen LogP) is 4.48. The number of para-hydroxylation sites is 2. The van der Waals surface area contributed by atoms with E-state index in [9.17, 15) is 9.59 Å². The topological polar surface area (TPSA) is 46.6 Å². The molecule has 7 rings (SSSR count). The van der Waals surface area contributed by atoms with Gasteiger partial charge in [-0.3, -0.25) is 9.59 Å². The molecule has 4 aliphatic rings. The molecule has 0 N–H and O–H groups in total. The number of carbonyl (C=O) groups excluding carboxylic acids is 2. The molecule has 0 spiro atoms. The Balaban J connectivity index is 1.55. The van der Waals surface area contributed by atoms with Crippen molar-refractivity contribution in [3.05, 3.63) is 95.1 Å². The van der Waals surface area contributed by atoms with Gasteiger partial charge >= 0.3 is 0 Å². The van der Waals surface area contributed by atoms with Crippen LogP contribution in [0.2, 0.25) is 0 Å². The summed E-state index contributed by atoms with van der Waals surface area (Å²) in [5.41, 5.74) is 5.29. The standard InChI is InChI=1S/C26H21NO3/c1-2-30-20-14-8-7-13-19(20)27-25(28)23-21-15-9-3-4-10-16(15)22(24(23)26(27)29)18-12-6-5-11-17(18)21/h3-14,21-24H,2H2,1H3/t21?,22?,23-,24+. The van der Waals surface area contributed by atoms with Crippen LogP contribution in [0.25, 0.3) is 0 Å². The molecule has 1 fully saturated rings. The van der Waals surface area contributed by atoms with E-state index < -0.39 is 0 Å². The molecule has 3 aromatic rings. The number of benzene rings is 3. The van der Waals surface area contributed by atoms with E-state index in [1.165, 1.54) is 27.2 Å². The number of hydrogen-bond acceptors (Lipinski definition) is 3. The Kier molecular flexibility index (Phi) is 3.66. The van der Waals surface area contributed by atoms with E-state index in [0.717, 1.165) is 0 Å². The van der Waals surface area contributed by atoms with Crippen molar-refractivity contribution in [1.82, 2.24) is 0 Å². The average Bonchev–Trinajstić information content (AvgIpc) is 3.05. The number of ether oxygens (including phenoxy) is 1. The summed E-state index contributed by atoms with van der Waals surface area (Å²) in [6, 6.07) is 23.9. The SMILES string of the molecule is CCOc1ccccc1N1C(=O)[C@@H]2C3c4ccccc4C(c4ccccc43)[C@@H]2C1=O. The highest BCUT2D eigenvalue weighted by molar-refractivity contribution is 6.24. The van der Waals surface area contributed by atoms with Gasteiger partial charge in [-0.15, -0.1) is 0 Å². The van der Waals surface area contributed by atoms with Gasteiger partial charge in [0.1, 0.15) is 5.75 Å². The zero-order valence-corrected chi connectivity index (χ0v) is 16.6. The summed E-state index contributed by atoms with van der Waals surface area (Å²) in [4.78, 5) is 28.9. The van der Waals surface area contributed by atoms with Crippen molar-refractivity contribution in [1.29, 1.82) is 0 Å². The number of anilines is 1. The molecule has 1 heterocycles. The van der Waals surface area contributed by atoms with Crippen LogP contribution >= 0.6 is 0 Å². The van der Waals surface area contributed by atoms with Crippen LogP contribution in [0, 0.1) is 11.8 Å². The largest absolute Gasteiger partial charge is 0.492 e. The first kappa shape index (κ1) is 17.5. The van der Waals surface area contributed by atoms with Crippen LogP contribution in [0.4, 0.5) is 5.69 Å². The smallest absolute Gasteiger partial charge is 0.238 e. The fourth-order valence-corrected chi connectivity index (χ4v) is 5.83. The number of carbonyl (C=O) groups is 2. The summed E-state index contributed by atoms with van der Waals surface area (Å²) in [5, 5.41) is 0. The van der Waals surface area contributed by atoms with E-state index in [2.05, 4.69) is 24.3 Å². The summed E-state index contributed by atoms with van der Waals surface area (Å²) < 4.78 is 5.75. The van der Waals surface area contributed by atoms with Gasteiger partial charge in [0.2, 0.25) is 11.8 Å². The average molecular weight is 395 g/mol. The van der Waals surface area contributed by atoms with Gasteiger partial charge in [0.15, 0.2) is 0 Å². The number of hydrogen-bond donors (Lipinski definition) is 0. The highest BCUT2D eigenvalue weighted by Crippen LogP contribution is 2.61. The molecule has 0 unspecified atom stereocenters. The van der Waals surface area contributed by atoms with Crippen molar-refractivity contribution in [3.63, 3.8) is 0 Å². The van der Waals surface area contributed by atoms with E-state index in [1.807, 2.05) is 49.4 Å². The van der Waals surface area contributed by atoms with Crippen LogP contribution < -0.4 is 9.64 Å². The van der Waals surface area contributed by atoms with E-state index >= 15 is 0 Å². The first-order chi connectivity index (χ1) is 14.7. The molecule has 30 heavy (non-hydrogen) atoms. The number of nitrogens with zero attached hydrogens (tertiary/aromatic N) is 1. The van der Waals surface area contributed by atoms with Crippen molar-refractivity contribution in [2.24, 2.45) is 11.8 Å². The first-order valence-electron chi connectivity index (χ1n) is 10.5. The highest BCUT2D eigenvalue weighted by Gasteiger charge is 2.62. The normalized spacial score (nSPS) is 25.7. The molecule has 1 aliphatic heterocycles. The fourth-order valence-electron chi connectivity index (χ4n) is 5.83. The van der Waals surface area contributed by atoms with Crippen molar-refractivity contribution in [2.45, 2.75) is 18.8 Å². The van der Waals surface area contributed by atoms with Gasteiger partial charge in [-0.1, -0.05) is 60.7 Å². The zero-order valence-electron chi connectivity index (χ0n) is 16.6. The summed E-state index contributed by atoms with van der Waals surface area (Å²) in [6.45, 7) is 2.37. The molecule has 148 valence electrons. The fraction of sp³-hybridized carbons (Fsp3) is 0.231. The summed E-state index contributed by atoms with van der Waals surface area (Å²) in [6.07, 6.45) is 0. The van der Waals surface area contributed by atoms with Crippen LogP contribution in [0.5, 0.6) is 5.75 Å². The molecule has 3 aromatic carbocycles. The molecule has 1 saturated heterocycles. The Labute approximate surface area is 175 Å². The monoisotopic (exact) mass is 395 g/mol. The second-order valence-corrected chi connectivity index (χ2v) is 8.18. The van der Waals surface area contributed by atoms with E-state index in [-0.39, 0.29) is 35.5 Å². The van der Waals surface area contributed by atoms with E-state index in [4.69, 9.17) is 4.74 Å². The molecule has 3 aliphatic carbocycles. The van der Waals surface area contributed by atoms with Crippen LogP contribution in [0.3, 0.4) is 0 Å². The molecule has 4 heteroatoms. The third kappa shape index (κ3) is 2.11. The molecule has 2 amide bonds. The molecule has 0 radical (unpaired) electrons. The van der Waals surface area contributed by atoms with Gasteiger partial charge in [0.25, 0.3) is 0 Å². The lowest BCUT2D eigenvalue weighted by molar-refractivity contribution is -0.122. The van der Waals surface area contributed by atoms with Crippen molar-refractivity contribution >= 4 is 17.5 Å². The zero-order chi connectivity index (χ0) is 20.4. The lowest BCUT2D eigenvalue weighted by Crippen LogP contribution is -2.41. The maximum absolute atomic E-state index is 13.8. The van der Waals surface area contributed by atoms with E-state index in [1.54, 1.807) is 6.07 Å². The lowest BCUT2D eigenvalue weighted by atomic mass is 9.55. The van der Waals surface area contributed by atoms with Crippen LogP contribution in [0.15, 0.2) is 72.8 Å². The Morgan fingerprint density at radius 1 is 0.700 bits per heavy atom. The summed E-state index contributed by atoms with van der Waals surface area (Å²) in [7, 11) is 0. The molecule has 0 saturated carbocycles. The minimum absolute atomic E-state index is 0.0897. The van der Waals surface area contributed by atoms with Gasteiger partial charge < -0.3 is 4.74 Å². The Morgan fingerprint density at radius 2 is 1.13 bits per heavy atom. The Hall–Kier alpha value is -3.40. The summed E-state index contributed by atoms with van der Waals surface area (Å²) in [5.74, 6) is -0.583. The minimum Gasteiger partial charge on any atom is -0.492 e. The van der Waals surface area contributed by atoms with Crippen LogP contribution in [-0.4, -0.2) is 18.4 Å². The molecular weight excluding hydrogens is 374 g/mol. The Bertz CT molecular complexity index is 1080. The second-order valence-electron chi connectivity index (χ2n) is 8.18. The number of imide groups is 1. The van der Waals surface area contributed by atoms with Crippen molar-refractivity contribution in [2.75, 3.05) is 11.5 Å². The van der Waals surface area contributed by atoms with Crippen molar-refractivity contribution in [3.8, 4) is 5.75 Å². The van der Waals surface area contributed by atoms with Gasteiger partial charge in [0, 0.05) is 11.8 Å². The van der Waals surface area contributed by atoms with Crippen molar-refractivity contribution < 1.29 is 14.3 Å². The lowest BCUT2D eigenvalue weighted by Gasteiger charge is -2.45. The van der Waals surface area contributed by atoms with Gasteiger partial charge in [-0.2, -0.15) is 0 Å². The maximum Gasteiger partial charge on any atom is 0.238 e.